The van der Waals surface area contributed by atoms with Crippen molar-refractivity contribution < 1.29 is 4.79 Å². The van der Waals surface area contributed by atoms with Crippen molar-refractivity contribution >= 4 is 49.4 Å². The number of alkyl halides is 1. The van der Waals surface area contributed by atoms with Crippen molar-refractivity contribution in [1.29, 1.82) is 0 Å². The van der Waals surface area contributed by atoms with Crippen molar-refractivity contribution in [2.75, 3.05) is 13.1 Å². The van der Waals surface area contributed by atoms with Crippen LogP contribution in [-0.4, -0.2) is 28.7 Å². The Morgan fingerprint density at radius 3 is 2.58 bits per heavy atom. The summed E-state index contributed by atoms with van der Waals surface area (Å²) in [6, 6.07) is 5.41. The lowest BCUT2D eigenvalue weighted by molar-refractivity contribution is 0.0691. The van der Waals surface area contributed by atoms with E-state index in [4.69, 9.17) is 11.6 Å². The molecule has 5 heteroatoms. The third kappa shape index (κ3) is 3.73. The maximum Gasteiger partial charge on any atom is 0.255 e. The Labute approximate surface area is 135 Å². The normalized spacial score (nSPS) is 18.4. The van der Waals surface area contributed by atoms with Crippen molar-refractivity contribution in [3.05, 3.63) is 33.3 Å². The van der Waals surface area contributed by atoms with Crippen molar-refractivity contribution in [1.82, 2.24) is 4.90 Å². The Morgan fingerprint density at radius 1 is 1.42 bits per heavy atom. The van der Waals surface area contributed by atoms with Gasteiger partial charge in [0.25, 0.3) is 5.91 Å². The van der Waals surface area contributed by atoms with Gasteiger partial charge < -0.3 is 4.90 Å². The smallest absolute Gasteiger partial charge is 0.255 e. The van der Waals surface area contributed by atoms with E-state index < -0.39 is 0 Å². The highest BCUT2D eigenvalue weighted by molar-refractivity contribution is 9.10. The van der Waals surface area contributed by atoms with Crippen LogP contribution in [0.15, 0.2) is 22.7 Å². The van der Waals surface area contributed by atoms with Crippen molar-refractivity contribution in [3.8, 4) is 0 Å². The third-order valence-electron chi connectivity index (χ3n) is 3.64. The number of halogens is 3. The molecule has 1 heterocycles. The minimum absolute atomic E-state index is 0.0400. The molecule has 1 atom stereocenters. The number of carbonyl (C=O) groups excluding carboxylic acids is 1. The number of benzene rings is 1. The molecule has 2 nitrogen and oxygen atoms in total. The van der Waals surface area contributed by atoms with Gasteiger partial charge in [0.05, 0.1) is 10.6 Å². The maximum absolute atomic E-state index is 12.4. The van der Waals surface area contributed by atoms with E-state index in [1.165, 1.54) is 0 Å². The fourth-order valence-electron chi connectivity index (χ4n) is 2.40. The first kappa shape index (κ1) is 15.3. The standard InChI is InChI=1S/C14H16Br2ClNO/c1-9(15)10-4-6-18(7-5-10)14(19)12-3-2-11(16)8-13(12)17/h2-3,8-10H,4-7H2,1H3. The molecule has 104 valence electrons. The zero-order valence-electron chi connectivity index (χ0n) is 10.7. The van der Waals surface area contributed by atoms with E-state index in [1.807, 2.05) is 11.0 Å². The van der Waals surface area contributed by atoms with Crippen LogP contribution < -0.4 is 0 Å². The van der Waals surface area contributed by atoms with Crippen LogP contribution >= 0.6 is 43.5 Å². The van der Waals surface area contributed by atoms with Gasteiger partial charge in [0.15, 0.2) is 0 Å². The van der Waals surface area contributed by atoms with Crippen LogP contribution in [0.4, 0.5) is 0 Å². The molecular weight excluding hydrogens is 393 g/mol. The van der Waals surface area contributed by atoms with Crippen LogP contribution in [0.2, 0.25) is 5.02 Å². The zero-order valence-corrected chi connectivity index (χ0v) is 14.6. The van der Waals surface area contributed by atoms with Gasteiger partial charge in [-0.15, -0.1) is 0 Å². The van der Waals surface area contributed by atoms with E-state index in [9.17, 15) is 4.79 Å². The summed E-state index contributed by atoms with van der Waals surface area (Å²) in [7, 11) is 0. The number of hydrogen-bond donors (Lipinski definition) is 0. The lowest BCUT2D eigenvalue weighted by atomic mass is 9.94. The molecular formula is C14H16Br2ClNO. The van der Waals surface area contributed by atoms with E-state index >= 15 is 0 Å². The number of rotatable bonds is 2. The highest BCUT2D eigenvalue weighted by Crippen LogP contribution is 2.28. The molecule has 0 radical (unpaired) electrons. The van der Waals surface area contributed by atoms with Crippen LogP contribution in [-0.2, 0) is 0 Å². The molecule has 0 saturated carbocycles. The molecule has 0 spiro atoms. The second-order valence-electron chi connectivity index (χ2n) is 4.93. The van der Waals surface area contributed by atoms with E-state index in [0.717, 1.165) is 30.4 Å². The van der Waals surface area contributed by atoms with Crippen molar-refractivity contribution in [3.63, 3.8) is 0 Å². The van der Waals surface area contributed by atoms with Crippen LogP contribution in [0.3, 0.4) is 0 Å². The number of amides is 1. The third-order valence-corrected chi connectivity index (χ3v) is 5.19. The topological polar surface area (TPSA) is 20.3 Å². The zero-order chi connectivity index (χ0) is 14.0. The Morgan fingerprint density at radius 2 is 2.05 bits per heavy atom. The average Bonchev–Trinajstić information content (AvgIpc) is 2.38. The fraction of sp³-hybridized carbons (Fsp3) is 0.500. The Balaban J connectivity index is 2.05. The van der Waals surface area contributed by atoms with Gasteiger partial charge in [-0.25, -0.2) is 0 Å². The summed E-state index contributed by atoms with van der Waals surface area (Å²) in [5, 5.41) is 0.510. The monoisotopic (exact) mass is 407 g/mol. The van der Waals surface area contributed by atoms with Crippen molar-refractivity contribution in [2.45, 2.75) is 24.6 Å². The van der Waals surface area contributed by atoms with Gasteiger partial charge in [0.1, 0.15) is 0 Å². The molecule has 0 N–H and O–H groups in total. The molecule has 1 aliphatic rings. The Hall–Kier alpha value is -0.0600. The Bertz CT molecular complexity index is 471. The highest BCUT2D eigenvalue weighted by Gasteiger charge is 2.26. The molecule has 0 aromatic heterocycles. The summed E-state index contributed by atoms with van der Waals surface area (Å²) < 4.78 is 0.890. The second kappa shape index (κ2) is 6.59. The van der Waals surface area contributed by atoms with Gasteiger partial charge in [-0.2, -0.15) is 0 Å². The quantitative estimate of drug-likeness (QED) is 0.646. The molecule has 1 amide bonds. The van der Waals surface area contributed by atoms with Gasteiger partial charge in [-0.3, -0.25) is 4.79 Å². The molecule has 2 rings (SSSR count). The minimum atomic E-state index is 0.0400. The van der Waals surface area contributed by atoms with Crippen LogP contribution in [0.1, 0.15) is 30.1 Å². The predicted octanol–water partition coefficient (Wildman–Crippen LogP) is 4.74. The summed E-state index contributed by atoms with van der Waals surface area (Å²) >= 11 is 13.1. The van der Waals surface area contributed by atoms with Gasteiger partial charge in [-0.1, -0.05) is 50.4 Å². The van der Waals surface area contributed by atoms with Gasteiger partial charge in [0.2, 0.25) is 0 Å². The van der Waals surface area contributed by atoms with E-state index in [-0.39, 0.29) is 5.91 Å². The first-order valence-corrected chi connectivity index (χ1v) is 8.46. The van der Waals surface area contributed by atoms with Crippen LogP contribution in [0.25, 0.3) is 0 Å². The molecule has 1 aromatic carbocycles. The second-order valence-corrected chi connectivity index (χ2v) is 7.70. The van der Waals surface area contributed by atoms with Crippen LogP contribution in [0.5, 0.6) is 0 Å². The molecule has 1 fully saturated rings. The molecule has 1 saturated heterocycles. The SMILES string of the molecule is CC(Br)C1CCN(C(=O)c2ccc(Br)cc2Cl)CC1. The summed E-state index contributed by atoms with van der Waals surface area (Å²) in [4.78, 5) is 14.8. The first-order valence-electron chi connectivity index (χ1n) is 6.37. The molecule has 1 aromatic rings. The first-order chi connectivity index (χ1) is 8.99. The number of piperidine rings is 1. The molecule has 0 bridgehead atoms. The number of nitrogens with zero attached hydrogens (tertiary/aromatic N) is 1. The van der Waals surface area contributed by atoms with E-state index in [0.29, 0.717) is 21.3 Å². The van der Waals surface area contributed by atoms with Gasteiger partial charge in [-0.05, 0) is 37.0 Å². The summed E-state index contributed by atoms with van der Waals surface area (Å²) in [6.45, 7) is 3.80. The molecule has 19 heavy (non-hydrogen) atoms. The fourth-order valence-corrected chi connectivity index (χ4v) is 3.68. The lowest BCUT2D eigenvalue weighted by Crippen LogP contribution is -2.40. The van der Waals surface area contributed by atoms with E-state index in [1.54, 1.807) is 12.1 Å². The van der Waals surface area contributed by atoms with E-state index in [2.05, 4.69) is 38.8 Å². The summed E-state index contributed by atoms with van der Waals surface area (Å²) in [5.41, 5.74) is 0.593. The number of likely N-dealkylation sites (tertiary alicyclic amines) is 1. The maximum atomic E-state index is 12.4. The highest BCUT2D eigenvalue weighted by atomic mass is 79.9. The van der Waals surface area contributed by atoms with Crippen molar-refractivity contribution in [2.24, 2.45) is 5.92 Å². The molecule has 1 unspecified atom stereocenters. The van der Waals surface area contributed by atoms with Gasteiger partial charge >= 0.3 is 0 Å². The average molecular weight is 410 g/mol. The molecule has 0 aliphatic carbocycles. The van der Waals surface area contributed by atoms with Gasteiger partial charge in [0, 0.05) is 22.4 Å². The largest absolute Gasteiger partial charge is 0.339 e. The summed E-state index contributed by atoms with van der Waals surface area (Å²) in [6.07, 6.45) is 2.10. The number of carbonyl (C=O) groups is 1. The molecule has 1 aliphatic heterocycles. The minimum Gasteiger partial charge on any atom is -0.339 e. The van der Waals surface area contributed by atoms with Crippen LogP contribution in [0, 0.1) is 5.92 Å². The number of hydrogen-bond acceptors (Lipinski definition) is 1. The lowest BCUT2D eigenvalue weighted by Gasteiger charge is -2.33. The predicted molar refractivity (Wildman–Crippen MR) is 86.2 cm³/mol. The Kier molecular flexibility index (Phi) is 5.32. The summed E-state index contributed by atoms with van der Waals surface area (Å²) in [5.74, 6) is 0.697.